The van der Waals surface area contributed by atoms with E-state index in [0.29, 0.717) is 12.3 Å². The normalized spacial score (nSPS) is 32.7. The van der Waals surface area contributed by atoms with E-state index in [4.69, 9.17) is 20.0 Å². The molecule has 3 atom stereocenters. The fraction of sp³-hybridized carbons (Fsp3) is 0.778. The standard InChI is InChI=1S/C9H12N2O2/c1-7-2-3-8(12-5-10)4-9(7)13-6-11/h7-9H,2-4H2,1H3. The number of hydrogen-bond acceptors (Lipinski definition) is 4. The zero-order valence-corrected chi connectivity index (χ0v) is 7.56. The van der Waals surface area contributed by atoms with Gasteiger partial charge < -0.3 is 9.47 Å². The van der Waals surface area contributed by atoms with Crippen LogP contribution in [0.4, 0.5) is 0 Å². The largest absolute Gasteiger partial charge is 0.424 e. The lowest BCUT2D eigenvalue weighted by Crippen LogP contribution is -2.32. The van der Waals surface area contributed by atoms with Crippen LogP contribution in [0.1, 0.15) is 26.2 Å². The van der Waals surface area contributed by atoms with Crippen molar-refractivity contribution in [3.05, 3.63) is 0 Å². The maximum Gasteiger partial charge on any atom is 0.286 e. The lowest BCUT2D eigenvalue weighted by atomic mass is 9.86. The highest BCUT2D eigenvalue weighted by Crippen LogP contribution is 2.28. The minimum atomic E-state index is -0.0860. The molecule has 13 heavy (non-hydrogen) atoms. The quantitative estimate of drug-likeness (QED) is 0.604. The van der Waals surface area contributed by atoms with Crippen LogP contribution in [0.5, 0.6) is 0 Å². The van der Waals surface area contributed by atoms with Crippen LogP contribution in [-0.4, -0.2) is 12.2 Å². The first-order valence-corrected chi connectivity index (χ1v) is 4.37. The first-order valence-electron chi connectivity index (χ1n) is 4.37. The minimum Gasteiger partial charge on any atom is -0.424 e. The van der Waals surface area contributed by atoms with Crippen molar-refractivity contribution < 1.29 is 9.47 Å². The van der Waals surface area contributed by atoms with Crippen LogP contribution in [0.15, 0.2) is 0 Å². The van der Waals surface area contributed by atoms with E-state index in [0.717, 1.165) is 12.8 Å². The van der Waals surface area contributed by atoms with E-state index in [2.05, 4.69) is 0 Å². The fourth-order valence-electron chi connectivity index (χ4n) is 1.66. The van der Waals surface area contributed by atoms with Gasteiger partial charge in [-0.05, 0) is 18.8 Å². The Kier molecular flexibility index (Phi) is 3.40. The van der Waals surface area contributed by atoms with Gasteiger partial charge in [0.15, 0.2) is 0 Å². The van der Waals surface area contributed by atoms with Crippen LogP contribution in [0.2, 0.25) is 0 Å². The molecule has 0 radical (unpaired) electrons. The molecule has 0 N–H and O–H groups in total. The highest BCUT2D eigenvalue weighted by Gasteiger charge is 2.30. The van der Waals surface area contributed by atoms with Crippen molar-refractivity contribution in [3.63, 3.8) is 0 Å². The summed E-state index contributed by atoms with van der Waals surface area (Å²) >= 11 is 0. The highest BCUT2D eigenvalue weighted by atomic mass is 16.5. The Morgan fingerprint density at radius 1 is 1.15 bits per heavy atom. The molecule has 0 aliphatic heterocycles. The molecule has 0 aromatic rings. The lowest BCUT2D eigenvalue weighted by molar-refractivity contribution is 0.00317. The van der Waals surface area contributed by atoms with Crippen molar-refractivity contribution in [2.75, 3.05) is 0 Å². The summed E-state index contributed by atoms with van der Waals surface area (Å²) in [6, 6.07) is 0. The predicted molar refractivity (Wildman–Crippen MR) is 44.0 cm³/mol. The zero-order valence-electron chi connectivity index (χ0n) is 7.56. The summed E-state index contributed by atoms with van der Waals surface area (Å²) in [4.78, 5) is 0. The van der Waals surface area contributed by atoms with Gasteiger partial charge in [0.05, 0.1) is 0 Å². The molecule has 70 valence electrons. The Bertz CT molecular complexity index is 241. The predicted octanol–water partition coefficient (Wildman–Crippen LogP) is 1.54. The van der Waals surface area contributed by atoms with E-state index < -0.39 is 0 Å². The van der Waals surface area contributed by atoms with Gasteiger partial charge in [0, 0.05) is 6.42 Å². The Morgan fingerprint density at radius 2 is 1.85 bits per heavy atom. The van der Waals surface area contributed by atoms with Gasteiger partial charge >= 0.3 is 0 Å². The molecule has 4 nitrogen and oxygen atoms in total. The third-order valence-electron chi connectivity index (χ3n) is 2.50. The molecule has 0 saturated heterocycles. The summed E-state index contributed by atoms with van der Waals surface area (Å²) in [6.07, 6.45) is 5.67. The fourth-order valence-corrected chi connectivity index (χ4v) is 1.66. The van der Waals surface area contributed by atoms with Crippen LogP contribution >= 0.6 is 0 Å². The molecule has 1 fully saturated rings. The first kappa shape index (κ1) is 9.67. The Balaban J connectivity index is 2.44. The molecule has 0 bridgehead atoms. The van der Waals surface area contributed by atoms with Crippen LogP contribution in [0.3, 0.4) is 0 Å². The van der Waals surface area contributed by atoms with Gasteiger partial charge in [0.1, 0.15) is 12.2 Å². The molecule has 0 heterocycles. The van der Waals surface area contributed by atoms with Crippen LogP contribution < -0.4 is 0 Å². The number of nitrogens with zero attached hydrogens (tertiary/aromatic N) is 2. The average molecular weight is 180 g/mol. The summed E-state index contributed by atoms with van der Waals surface area (Å²) in [5.74, 6) is 0.373. The molecule has 0 amide bonds. The molecular weight excluding hydrogens is 168 g/mol. The van der Waals surface area contributed by atoms with Gasteiger partial charge in [0.2, 0.25) is 0 Å². The van der Waals surface area contributed by atoms with Gasteiger partial charge in [-0.3, -0.25) is 0 Å². The van der Waals surface area contributed by atoms with Crippen molar-refractivity contribution in [2.45, 2.75) is 38.4 Å². The molecule has 3 unspecified atom stereocenters. The smallest absolute Gasteiger partial charge is 0.286 e. The highest BCUT2D eigenvalue weighted by molar-refractivity contribution is 4.82. The average Bonchev–Trinajstić information content (AvgIpc) is 2.12. The van der Waals surface area contributed by atoms with Crippen molar-refractivity contribution in [1.29, 1.82) is 10.5 Å². The van der Waals surface area contributed by atoms with E-state index in [9.17, 15) is 0 Å². The first-order chi connectivity index (χ1) is 6.27. The van der Waals surface area contributed by atoms with Crippen LogP contribution in [0.25, 0.3) is 0 Å². The molecular formula is C9H12N2O2. The summed E-state index contributed by atoms with van der Waals surface area (Å²) in [6.45, 7) is 2.05. The molecule has 1 rings (SSSR count). The van der Waals surface area contributed by atoms with Gasteiger partial charge in [0.25, 0.3) is 12.5 Å². The third kappa shape index (κ3) is 2.52. The minimum absolute atomic E-state index is 0.0699. The third-order valence-corrected chi connectivity index (χ3v) is 2.50. The van der Waals surface area contributed by atoms with Gasteiger partial charge in [-0.1, -0.05) is 6.92 Å². The Labute approximate surface area is 77.7 Å². The molecule has 0 aromatic carbocycles. The van der Waals surface area contributed by atoms with Gasteiger partial charge in [-0.25, -0.2) is 0 Å². The topological polar surface area (TPSA) is 66.0 Å². The molecule has 1 saturated carbocycles. The van der Waals surface area contributed by atoms with Crippen molar-refractivity contribution in [3.8, 4) is 12.5 Å². The molecule has 0 aromatic heterocycles. The molecule has 4 heteroatoms. The van der Waals surface area contributed by atoms with E-state index in [1.54, 1.807) is 12.5 Å². The van der Waals surface area contributed by atoms with E-state index in [1.165, 1.54) is 0 Å². The molecule has 1 aliphatic rings. The van der Waals surface area contributed by atoms with Gasteiger partial charge in [-0.15, -0.1) is 0 Å². The van der Waals surface area contributed by atoms with E-state index >= 15 is 0 Å². The van der Waals surface area contributed by atoms with E-state index in [-0.39, 0.29) is 12.2 Å². The summed E-state index contributed by atoms with van der Waals surface area (Å²) in [5, 5.41) is 16.7. The summed E-state index contributed by atoms with van der Waals surface area (Å²) in [7, 11) is 0. The van der Waals surface area contributed by atoms with Crippen molar-refractivity contribution >= 4 is 0 Å². The monoisotopic (exact) mass is 180 g/mol. The number of rotatable bonds is 2. The SMILES string of the molecule is CC1CCC(OC#N)CC1OC#N. The van der Waals surface area contributed by atoms with Crippen molar-refractivity contribution in [1.82, 2.24) is 0 Å². The second-order valence-electron chi connectivity index (χ2n) is 3.37. The van der Waals surface area contributed by atoms with Crippen molar-refractivity contribution in [2.24, 2.45) is 5.92 Å². The molecule has 1 aliphatic carbocycles. The number of hydrogen-bond donors (Lipinski definition) is 0. The summed E-state index contributed by atoms with van der Waals surface area (Å²) < 4.78 is 9.71. The zero-order chi connectivity index (χ0) is 9.68. The molecule has 0 spiro atoms. The Hall–Kier alpha value is -1.42. The second-order valence-corrected chi connectivity index (χ2v) is 3.37. The maximum atomic E-state index is 8.37. The number of ether oxygens (including phenoxy) is 2. The van der Waals surface area contributed by atoms with Crippen LogP contribution in [0, 0.1) is 29.0 Å². The Morgan fingerprint density at radius 3 is 2.46 bits per heavy atom. The lowest BCUT2D eigenvalue weighted by Gasteiger charge is -2.30. The maximum absolute atomic E-state index is 8.37. The van der Waals surface area contributed by atoms with Gasteiger partial charge in [-0.2, -0.15) is 10.5 Å². The number of nitriles is 2. The second kappa shape index (κ2) is 4.57. The summed E-state index contributed by atoms with van der Waals surface area (Å²) in [5.41, 5.74) is 0. The van der Waals surface area contributed by atoms with E-state index in [1.807, 2.05) is 6.92 Å². The van der Waals surface area contributed by atoms with Crippen LogP contribution in [-0.2, 0) is 9.47 Å².